The van der Waals surface area contributed by atoms with Crippen LogP contribution in [-0.2, 0) is 60.2 Å². The fourth-order valence-corrected chi connectivity index (χ4v) is 15.7. The number of aromatic nitrogens is 16. The lowest BCUT2D eigenvalue weighted by Gasteiger charge is -2.43. The molecule has 0 radical (unpaired) electrons. The van der Waals surface area contributed by atoms with E-state index in [4.69, 9.17) is 37.2 Å². The van der Waals surface area contributed by atoms with Crippen LogP contribution in [0.15, 0.2) is 168 Å². The van der Waals surface area contributed by atoms with Crippen molar-refractivity contribution in [1.29, 1.82) is 0 Å². The number of rotatable bonds is 16. The molecular formula is C70H78B4N16O8S4. The van der Waals surface area contributed by atoms with Crippen LogP contribution in [-0.4, -0.2) is 157 Å². The lowest BCUT2D eigenvalue weighted by molar-refractivity contribution is -0.0556. The Labute approximate surface area is 609 Å². The van der Waals surface area contributed by atoms with E-state index in [1.54, 1.807) is 97.7 Å². The van der Waals surface area contributed by atoms with Crippen molar-refractivity contribution in [3.8, 4) is 0 Å². The van der Waals surface area contributed by atoms with Gasteiger partial charge in [-0.05, 0) is 105 Å². The second kappa shape index (κ2) is 31.4. The standard InChI is InChI=1S/C20H23BN4O2S.C18H21BN4O2S.C17H19BN4O2S.C15H15BN4O2S/c1-19-9-3-4-10-20(19,2)27-21(26-19)15-7-5-14(6-8-15)11-28-18-16-17(23-12-22-16)24-13-25-18;1-17(2)18(3,4)25-19(24-17)13-7-5-12(6-8-13)9-26-16-14-15(21-10-20-14)22-11-23-16;1-17(2)8-23-18(24-9-17)13-5-3-12(4-6-13)7-25-16-14-15(20-10-19-14)21-11-22-16;1-6-21-16(22-7-1)12-4-2-11(3-5-12)8-23-15-13-14(18-9-17-13)19-10-20-15/h5-8,12-13H,3-4,9-11H2,1-2H3,(H,22,23,24,25);5-8,10-11H,9H2,1-4H3,(H,20,21,22,23);3-6,10-11H,7-9H2,1-2H3,(H,19,20,21,22);2-5,9-10H,1,6-8H2,(H,17,18,19,20). The van der Waals surface area contributed by atoms with Crippen molar-refractivity contribution in [3.63, 3.8) is 0 Å². The molecule has 5 fully saturated rings. The number of fused-ring (bicyclic) bond motifs is 5. The Kier molecular flexibility index (Phi) is 22.0. The highest BCUT2D eigenvalue weighted by Crippen LogP contribution is 2.47. The van der Waals surface area contributed by atoms with Gasteiger partial charge in [0.05, 0.1) is 47.7 Å². The van der Waals surface area contributed by atoms with E-state index < -0.39 is 0 Å². The first-order chi connectivity index (χ1) is 49.4. The van der Waals surface area contributed by atoms with Gasteiger partial charge in [0.25, 0.3) is 0 Å². The maximum Gasteiger partial charge on any atom is 0.494 e. The second-order valence-corrected chi connectivity index (χ2v) is 31.5. The highest BCUT2D eigenvalue weighted by Gasteiger charge is 2.58. The molecular weight excluding hydrogens is 1360 g/mol. The Balaban J connectivity index is 0.000000116. The van der Waals surface area contributed by atoms with Crippen molar-refractivity contribution in [2.24, 2.45) is 5.41 Å². The molecule has 32 heteroatoms. The van der Waals surface area contributed by atoms with E-state index in [1.807, 2.05) is 0 Å². The molecule has 1 aliphatic carbocycles. The quantitative estimate of drug-likeness (QED) is 0.0397. The summed E-state index contributed by atoms with van der Waals surface area (Å²) in [7, 11) is -1.09. The Morgan fingerprint density at radius 3 is 0.931 bits per heavy atom. The van der Waals surface area contributed by atoms with Crippen molar-refractivity contribution in [3.05, 3.63) is 170 Å². The average Bonchev–Trinajstić information content (AvgIpc) is 1.62. The van der Waals surface area contributed by atoms with Gasteiger partial charge in [0.15, 0.2) is 22.6 Å². The summed E-state index contributed by atoms with van der Waals surface area (Å²) in [6.07, 6.45) is 18.3. The summed E-state index contributed by atoms with van der Waals surface area (Å²) >= 11 is 6.66. The third-order valence-electron chi connectivity index (χ3n) is 19.0. The fourth-order valence-electron chi connectivity index (χ4n) is 12.1. The van der Waals surface area contributed by atoms with Crippen molar-refractivity contribution in [2.45, 2.75) is 153 Å². The maximum atomic E-state index is 6.39. The van der Waals surface area contributed by atoms with E-state index >= 15 is 0 Å². The molecule has 1 saturated carbocycles. The zero-order chi connectivity index (χ0) is 70.3. The predicted octanol–water partition coefficient (Wildman–Crippen LogP) is 10.6. The summed E-state index contributed by atoms with van der Waals surface area (Å²) in [6.45, 7) is 19.9. The van der Waals surface area contributed by atoms with Gasteiger partial charge >= 0.3 is 28.5 Å². The molecule has 2 atom stereocenters. The van der Waals surface area contributed by atoms with Gasteiger partial charge in [0.1, 0.15) is 67.5 Å². The maximum absolute atomic E-state index is 6.39. The number of H-pyrrole nitrogens is 4. The third kappa shape index (κ3) is 16.6. The van der Waals surface area contributed by atoms with Crippen LogP contribution in [0.25, 0.3) is 44.7 Å². The summed E-state index contributed by atoms with van der Waals surface area (Å²) in [5.41, 5.74) is 14.5. The van der Waals surface area contributed by atoms with Crippen LogP contribution < -0.4 is 21.9 Å². The molecule has 102 heavy (non-hydrogen) atoms. The number of imidazole rings is 4. The Morgan fingerprint density at radius 1 is 0.333 bits per heavy atom. The number of hydrogen-bond acceptors (Lipinski definition) is 24. The number of hydrogen-bond donors (Lipinski definition) is 4. The predicted molar refractivity (Wildman–Crippen MR) is 402 cm³/mol. The molecule has 0 bridgehead atoms. The van der Waals surface area contributed by atoms with E-state index in [-0.39, 0.29) is 56.3 Å². The first-order valence-electron chi connectivity index (χ1n) is 34.0. The first-order valence-corrected chi connectivity index (χ1v) is 38.0. The minimum Gasteiger partial charge on any atom is -0.407 e. The van der Waals surface area contributed by atoms with E-state index in [2.05, 4.69) is 232 Å². The minimum absolute atomic E-state index is 0.0859. The van der Waals surface area contributed by atoms with Crippen LogP contribution in [0, 0.1) is 5.41 Å². The van der Waals surface area contributed by atoms with E-state index in [0.29, 0.717) is 35.8 Å². The van der Waals surface area contributed by atoms with Crippen LogP contribution >= 0.6 is 47.0 Å². The van der Waals surface area contributed by atoms with Gasteiger partial charge in [-0.25, -0.2) is 59.8 Å². The average molecular weight is 1440 g/mol. The van der Waals surface area contributed by atoms with Crippen LogP contribution in [0.1, 0.15) is 110 Å². The summed E-state index contributed by atoms with van der Waals surface area (Å²) in [5, 5.41) is 3.64. The second-order valence-electron chi connectivity index (χ2n) is 27.6. The Hall–Kier alpha value is -7.58. The summed E-state index contributed by atoms with van der Waals surface area (Å²) in [4.78, 5) is 63.0. The molecule has 522 valence electrons. The molecule has 2 unspecified atom stereocenters. The van der Waals surface area contributed by atoms with Gasteiger partial charge in [0, 0.05) is 54.9 Å². The molecule has 17 rings (SSSR count). The minimum atomic E-state index is -0.326. The van der Waals surface area contributed by atoms with Gasteiger partial charge in [-0.2, -0.15) is 0 Å². The normalized spacial score (nSPS) is 19.8. The van der Waals surface area contributed by atoms with Gasteiger partial charge in [-0.15, -0.1) is 0 Å². The van der Waals surface area contributed by atoms with Gasteiger partial charge < -0.3 is 57.2 Å². The van der Waals surface area contributed by atoms with Crippen molar-refractivity contribution >= 4 is 142 Å². The summed E-state index contributed by atoms with van der Waals surface area (Å²) in [6, 6.07) is 33.6. The molecule has 5 aliphatic rings. The van der Waals surface area contributed by atoms with Crippen LogP contribution in [0.5, 0.6) is 0 Å². The summed E-state index contributed by atoms with van der Waals surface area (Å²) < 4.78 is 47.9. The SMILES string of the molecule is CC1(C)COB(c2ccc(CSc3ncnc4nc[nH]c34)cc2)OC1.CC1(C)OB(c2ccc(CSc3ncnc4nc[nH]c34)cc2)OC1(C)C.CC12CCCCC1(C)OB(c1ccc(CSc3ncnc4nc[nH]c34)cc1)O2.c1nc(SCc2ccc(B3OCCCO3)cc2)c2[nH]cnc2n1. The number of nitrogens with one attached hydrogen (secondary N) is 4. The lowest BCUT2D eigenvalue weighted by atomic mass is 9.74. The summed E-state index contributed by atoms with van der Waals surface area (Å²) in [5.74, 6) is 3.30. The van der Waals surface area contributed by atoms with Gasteiger partial charge in [-0.3, -0.25) is 0 Å². The number of benzene rings is 4. The van der Waals surface area contributed by atoms with E-state index in [1.165, 1.54) is 35.1 Å². The molecule has 4 aromatic carbocycles. The molecule has 12 aromatic rings. The van der Waals surface area contributed by atoms with Crippen LogP contribution in [0.4, 0.5) is 0 Å². The highest BCUT2D eigenvalue weighted by molar-refractivity contribution is 7.99. The number of aromatic amines is 4. The Morgan fingerprint density at radius 2 is 0.618 bits per heavy atom. The van der Waals surface area contributed by atoms with Crippen molar-refractivity contribution in [2.75, 3.05) is 26.4 Å². The van der Waals surface area contributed by atoms with Crippen molar-refractivity contribution in [1.82, 2.24) is 79.7 Å². The molecule has 4 saturated heterocycles. The molecule has 12 heterocycles. The highest BCUT2D eigenvalue weighted by atomic mass is 32.2. The molecule has 0 spiro atoms. The molecule has 8 aromatic heterocycles. The number of thioether (sulfide) groups is 4. The van der Waals surface area contributed by atoms with Crippen LogP contribution in [0.2, 0.25) is 0 Å². The molecule has 4 aliphatic heterocycles. The molecule has 24 nitrogen and oxygen atoms in total. The zero-order valence-electron chi connectivity index (χ0n) is 58.1. The molecule has 0 amide bonds. The zero-order valence-corrected chi connectivity index (χ0v) is 61.4. The van der Waals surface area contributed by atoms with Crippen molar-refractivity contribution < 1.29 is 37.2 Å². The monoisotopic (exact) mass is 1440 g/mol. The smallest absolute Gasteiger partial charge is 0.407 e. The van der Waals surface area contributed by atoms with E-state index in [0.717, 1.165) is 120 Å². The molecule has 4 N–H and O–H groups in total. The lowest BCUT2D eigenvalue weighted by Crippen LogP contribution is -2.49. The largest absolute Gasteiger partial charge is 0.494 e. The fraction of sp³-hybridized carbons (Fsp3) is 0.371. The van der Waals surface area contributed by atoms with Crippen LogP contribution in [0.3, 0.4) is 0 Å². The van der Waals surface area contributed by atoms with Gasteiger partial charge in [-0.1, -0.05) is 171 Å². The topological polar surface area (TPSA) is 292 Å². The first kappa shape index (κ1) is 71.4. The van der Waals surface area contributed by atoms with E-state index in [9.17, 15) is 0 Å². The third-order valence-corrected chi connectivity index (χ3v) is 23.2. The number of nitrogens with zero attached hydrogens (tertiary/aromatic N) is 12. The Bertz CT molecular complexity index is 4730. The van der Waals surface area contributed by atoms with Gasteiger partial charge in [0.2, 0.25) is 0 Å².